The predicted octanol–water partition coefficient (Wildman–Crippen LogP) is 4.67. The van der Waals surface area contributed by atoms with E-state index < -0.39 is 0 Å². The van der Waals surface area contributed by atoms with Gasteiger partial charge in [0.05, 0.1) is 18.8 Å². The van der Waals surface area contributed by atoms with Gasteiger partial charge >= 0.3 is 0 Å². The van der Waals surface area contributed by atoms with Crippen molar-refractivity contribution in [3.63, 3.8) is 0 Å². The first kappa shape index (κ1) is 18.2. The Kier molecular flexibility index (Phi) is 4.92. The smallest absolute Gasteiger partial charge is 0.231 e. The molecule has 2 heterocycles. The molecule has 0 radical (unpaired) electrons. The van der Waals surface area contributed by atoms with Crippen molar-refractivity contribution in [3.05, 3.63) is 60.2 Å². The Hall–Kier alpha value is -2.89. The zero-order valence-corrected chi connectivity index (χ0v) is 16.6. The Morgan fingerprint density at radius 3 is 2.62 bits per heavy atom. The van der Waals surface area contributed by atoms with Gasteiger partial charge in [0.2, 0.25) is 5.89 Å². The van der Waals surface area contributed by atoms with Gasteiger partial charge in [-0.2, -0.15) is 0 Å². The molecule has 29 heavy (non-hydrogen) atoms. The molecule has 1 saturated heterocycles. The minimum atomic E-state index is 0.595. The number of benzene rings is 3. The van der Waals surface area contributed by atoms with Gasteiger partial charge in [0, 0.05) is 19.6 Å². The highest BCUT2D eigenvalue weighted by atomic mass is 16.5. The van der Waals surface area contributed by atoms with E-state index in [2.05, 4.69) is 42.2 Å². The summed E-state index contributed by atoms with van der Waals surface area (Å²) in [5.41, 5.74) is 3.70. The number of morpholine rings is 1. The molecule has 0 unspecified atom stereocenters. The van der Waals surface area contributed by atoms with Crippen LogP contribution in [0.3, 0.4) is 0 Å². The Labute approximate surface area is 169 Å². The van der Waals surface area contributed by atoms with Gasteiger partial charge in [-0.3, -0.25) is 4.90 Å². The molecule has 4 aromatic rings. The van der Waals surface area contributed by atoms with Crippen molar-refractivity contribution in [1.29, 1.82) is 0 Å². The van der Waals surface area contributed by atoms with Gasteiger partial charge in [0.15, 0.2) is 5.58 Å². The van der Waals surface area contributed by atoms with E-state index in [1.807, 2.05) is 24.3 Å². The molecular weight excluding hydrogens is 364 g/mol. The molecule has 5 rings (SSSR count). The molecule has 0 spiro atoms. The van der Waals surface area contributed by atoms with Gasteiger partial charge in [-0.15, -0.1) is 0 Å². The molecule has 1 aromatic heterocycles. The van der Waals surface area contributed by atoms with Crippen LogP contribution in [0.5, 0.6) is 5.75 Å². The van der Waals surface area contributed by atoms with Crippen molar-refractivity contribution in [2.24, 2.45) is 0 Å². The average Bonchev–Trinajstić information content (AvgIpc) is 3.17. The average molecular weight is 388 g/mol. The third-order valence-electron chi connectivity index (χ3n) is 5.39. The lowest BCUT2D eigenvalue weighted by atomic mass is 10.1. The molecule has 148 valence electrons. The van der Waals surface area contributed by atoms with Gasteiger partial charge in [-0.25, -0.2) is 4.98 Å². The third-order valence-corrected chi connectivity index (χ3v) is 5.39. The number of aromatic nitrogens is 1. The number of ether oxygens (including phenoxy) is 2. The molecule has 0 amide bonds. The lowest BCUT2D eigenvalue weighted by molar-refractivity contribution is 0.0323. The van der Waals surface area contributed by atoms with Crippen LogP contribution in [-0.4, -0.2) is 49.3 Å². The van der Waals surface area contributed by atoms with Crippen molar-refractivity contribution in [3.8, 4) is 17.2 Å². The first-order valence-electron chi connectivity index (χ1n) is 10.1. The van der Waals surface area contributed by atoms with E-state index in [-0.39, 0.29) is 0 Å². The maximum atomic E-state index is 6.24. The van der Waals surface area contributed by atoms with E-state index in [1.54, 1.807) is 0 Å². The van der Waals surface area contributed by atoms with Crippen molar-refractivity contribution in [2.45, 2.75) is 6.92 Å². The minimum absolute atomic E-state index is 0.595. The highest BCUT2D eigenvalue weighted by molar-refractivity contribution is 5.90. The normalized spacial score (nSPS) is 15.2. The number of nitrogens with zero attached hydrogens (tertiary/aromatic N) is 2. The van der Waals surface area contributed by atoms with E-state index in [1.165, 1.54) is 0 Å². The SMILES string of the molecule is Cc1ccc2nc(-c3cc4ccccc4cc3OCCN3CCOCC3)oc2c1. The Balaban J connectivity index is 1.48. The second-order valence-electron chi connectivity index (χ2n) is 7.49. The van der Waals surface area contributed by atoms with E-state index in [0.29, 0.717) is 12.5 Å². The molecule has 0 atom stereocenters. The van der Waals surface area contributed by atoms with Crippen LogP contribution in [0.15, 0.2) is 59.0 Å². The van der Waals surface area contributed by atoms with Crippen LogP contribution in [0.2, 0.25) is 0 Å². The molecule has 5 nitrogen and oxygen atoms in total. The minimum Gasteiger partial charge on any atom is -0.491 e. The summed E-state index contributed by atoms with van der Waals surface area (Å²) in [5.74, 6) is 1.40. The molecule has 1 fully saturated rings. The van der Waals surface area contributed by atoms with E-state index >= 15 is 0 Å². The summed E-state index contributed by atoms with van der Waals surface area (Å²) < 4.78 is 17.8. The molecule has 0 bridgehead atoms. The molecule has 5 heteroatoms. The molecule has 1 aliphatic rings. The van der Waals surface area contributed by atoms with E-state index in [0.717, 1.165) is 71.6 Å². The lowest BCUT2D eigenvalue weighted by Crippen LogP contribution is -2.38. The second kappa shape index (κ2) is 7.85. The first-order chi connectivity index (χ1) is 14.3. The zero-order valence-electron chi connectivity index (χ0n) is 16.6. The van der Waals surface area contributed by atoms with Crippen molar-refractivity contribution >= 4 is 21.9 Å². The van der Waals surface area contributed by atoms with Crippen LogP contribution in [0, 0.1) is 6.92 Å². The van der Waals surface area contributed by atoms with Crippen LogP contribution in [0.1, 0.15) is 5.56 Å². The van der Waals surface area contributed by atoms with Crippen molar-refractivity contribution in [2.75, 3.05) is 39.5 Å². The maximum absolute atomic E-state index is 6.24. The van der Waals surface area contributed by atoms with Crippen LogP contribution in [-0.2, 0) is 4.74 Å². The second-order valence-corrected chi connectivity index (χ2v) is 7.49. The molecule has 0 saturated carbocycles. The standard InChI is InChI=1S/C24H24N2O3/c1-17-6-7-21-23(14-17)29-24(25-21)20-15-18-4-2-3-5-19(18)16-22(20)28-13-10-26-8-11-27-12-9-26/h2-7,14-16H,8-13H2,1H3. The molecule has 0 aliphatic carbocycles. The summed E-state index contributed by atoms with van der Waals surface area (Å²) in [4.78, 5) is 7.08. The first-order valence-corrected chi connectivity index (χ1v) is 10.1. The molecule has 0 N–H and O–H groups in total. The maximum Gasteiger partial charge on any atom is 0.231 e. The largest absolute Gasteiger partial charge is 0.491 e. The fraction of sp³-hybridized carbons (Fsp3) is 0.292. The van der Waals surface area contributed by atoms with E-state index in [9.17, 15) is 0 Å². The Morgan fingerprint density at radius 2 is 1.79 bits per heavy atom. The molecule has 3 aromatic carbocycles. The topological polar surface area (TPSA) is 47.7 Å². The van der Waals surface area contributed by atoms with Crippen LogP contribution >= 0.6 is 0 Å². The summed E-state index contributed by atoms with van der Waals surface area (Å²) in [6, 6.07) is 18.5. The van der Waals surface area contributed by atoms with Gasteiger partial charge in [-0.05, 0) is 47.5 Å². The predicted molar refractivity (Wildman–Crippen MR) is 114 cm³/mol. The Bertz CT molecular complexity index is 1150. The van der Waals surface area contributed by atoms with E-state index in [4.69, 9.17) is 18.9 Å². The Morgan fingerprint density at radius 1 is 1.00 bits per heavy atom. The lowest BCUT2D eigenvalue weighted by Gasteiger charge is -2.26. The number of oxazole rings is 1. The molecular formula is C24H24N2O3. The van der Waals surface area contributed by atoms with Crippen molar-refractivity contribution in [1.82, 2.24) is 9.88 Å². The van der Waals surface area contributed by atoms with Gasteiger partial charge in [-0.1, -0.05) is 30.3 Å². The van der Waals surface area contributed by atoms with Gasteiger partial charge in [0.25, 0.3) is 0 Å². The summed E-state index contributed by atoms with van der Waals surface area (Å²) in [5, 5.41) is 2.28. The monoisotopic (exact) mass is 388 g/mol. The quantitative estimate of drug-likeness (QED) is 0.497. The summed E-state index contributed by atoms with van der Waals surface area (Å²) >= 11 is 0. The van der Waals surface area contributed by atoms with Crippen LogP contribution in [0.4, 0.5) is 0 Å². The van der Waals surface area contributed by atoms with Gasteiger partial charge < -0.3 is 13.9 Å². The summed E-state index contributed by atoms with van der Waals surface area (Å²) in [6.07, 6.45) is 0. The summed E-state index contributed by atoms with van der Waals surface area (Å²) in [7, 11) is 0. The highest BCUT2D eigenvalue weighted by Crippen LogP contribution is 2.35. The van der Waals surface area contributed by atoms with Gasteiger partial charge in [0.1, 0.15) is 17.9 Å². The summed E-state index contributed by atoms with van der Waals surface area (Å²) in [6.45, 7) is 7.05. The zero-order chi connectivity index (χ0) is 19.6. The number of hydrogen-bond donors (Lipinski definition) is 0. The number of rotatable bonds is 5. The van der Waals surface area contributed by atoms with Crippen LogP contribution in [0.25, 0.3) is 33.3 Å². The number of hydrogen-bond acceptors (Lipinski definition) is 5. The number of fused-ring (bicyclic) bond motifs is 2. The number of aryl methyl sites for hydroxylation is 1. The molecule has 1 aliphatic heterocycles. The van der Waals surface area contributed by atoms with Crippen molar-refractivity contribution < 1.29 is 13.9 Å². The van der Waals surface area contributed by atoms with Crippen LogP contribution < -0.4 is 4.74 Å². The fourth-order valence-corrected chi connectivity index (χ4v) is 3.76. The highest BCUT2D eigenvalue weighted by Gasteiger charge is 2.16. The third kappa shape index (κ3) is 3.84. The fourth-order valence-electron chi connectivity index (χ4n) is 3.76.